The van der Waals surface area contributed by atoms with Crippen LogP contribution in [0.2, 0.25) is 0 Å². The molecule has 32 valence electrons. The Bertz CT molecular complexity index is 94.9. The Labute approximate surface area is 118 Å². The van der Waals surface area contributed by atoms with Crippen molar-refractivity contribution < 1.29 is 111 Å². The van der Waals surface area contributed by atoms with Gasteiger partial charge in [-0.25, -0.2) is 0 Å². The molecular formula is CeKO4S+3. The minimum atomic E-state index is -5.17. The third-order valence-corrected chi connectivity index (χ3v) is 0. The third-order valence-electron chi connectivity index (χ3n) is 0. The summed E-state index contributed by atoms with van der Waals surface area (Å²) in [7, 11) is -5.17. The zero-order chi connectivity index (χ0) is 4.50. The Morgan fingerprint density at radius 1 is 1.14 bits per heavy atom. The minimum Gasteiger partial charge on any atom is -0.759 e. The van der Waals surface area contributed by atoms with Crippen molar-refractivity contribution >= 4 is 10.4 Å². The van der Waals surface area contributed by atoms with Gasteiger partial charge in [0.25, 0.3) is 0 Å². The zero-order valence-corrected chi connectivity index (χ0v) is 10.6. The summed E-state index contributed by atoms with van der Waals surface area (Å²) in [5, 5.41) is 0. The van der Waals surface area contributed by atoms with Crippen molar-refractivity contribution in [3.63, 3.8) is 0 Å². The van der Waals surface area contributed by atoms with Gasteiger partial charge in [0.2, 0.25) is 0 Å². The van der Waals surface area contributed by atoms with Gasteiger partial charge >= 0.3 is 93.1 Å². The van der Waals surface area contributed by atoms with Gasteiger partial charge in [-0.15, -0.1) is 0 Å². The van der Waals surface area contributed by atoms with Gasteiger partial charge in [-0.1, -0.05) is 0 Å². The van der Waals surface area contributed by atoms with E-state index >= 15 is 0 Å². The summed E-state index contributed by atoms with van der Waals surface area (Å²) in [4.78, 5) is 0. The van der Waals surface area contributed by atoms with E-state index in [1.807, 2.05) is 0 Å². The van der Waals surface area contributed by atoms with Crippen LogP contribution in [-0.4, -0.2) is 17.5 Å². The quantitative estimate of drug-likeness (QED) is 0.254. The van der Waals surface area contributed by atoms with Gasteiger partial charge < -0.3 is 9.11 Å². The molecule has 0 aliphatic rings. The molecule has 0 aromatic rings. The number of hydrogen-bond acceptors (Lipinski definition) is 4. The second kappa shape index (κ2) is 7.00. The van der Waals surface area contributed by atoms with Crippen molar-refractivity contribution in [1.29, 1.82) is 0 Å². The number of hydrogen-bond donors (Lipinski definition) is 0. The fourth-order valence-electron chi connectivity index (χ4n) is 0. The fraction of sp³-hybridized carbons (Fsp3) is 0. The molecule has 7 heavy (non-hydrogen) atoms. The summed E-state index contributed by atoms with van der Waals surface area (Å²) in [5.74, 6) is 0. The molecule has 0 radical (unpaired) electrons. The van der Waals surface area contributed by atoms with E-state index in [-0.39, 0.29) is 93.1 Å². The Morgan fingerprint density at radius 2 is 1.14 bits per heavy atom. The predicted molar refractivity (Wildman–Crippen MR) is 10.5 cm³/mol. The molecular weight excluding hydrogens is 275 g/mol. The van der Waals surface area contributed by atoms with Crippen LogP contribution in [-0.2, 0) is 10.4 Å². The molecule has 0 bridgehead atoms. The molecule has 4 nitrogen and oxygen atoms in total. The van der Waals surface area contributed by atoms with E-state index in [4.69, 9.17) is 17.5 Å². The van der Waals surface area contributed by atoms with Crippen LogP contribution in [0.1, 0.15) is 0 Å². The zero-order valence-electron chi connectivity index (χ0n) is 3.54. The summed E-state index contributed by atoms with van der Waals surface area (Å²) < 4.78 is 34.1. The smallest absolute Gasteiger partial charge is 0.759 e. The topological polar surface area (TPSA) is 80.3 Å². The van der Waals surface area contributed by atoms with Gasteiger partial charge in [0.15, 0.2) is 0 Å². The average molecular weight is 275 g/mol. The number of rotatable bonds is 0. The standard InChI is InChI=1S/Ce.K.H2O4S/c;;1-5(2,3)4/h;;(H2,1,2,3,4)/q+4;+1;/p-2. The molecule has 0 atom stereocenters. The Hall–Kier alpha value is 2.88. The molecule has 0 saturated carbocycles. The molecule has 0 spiro atoms. The van der Waals surface area contributed by atoms with Crippen molar-refractivity contribution in [3.05, 3.63) is 0 Å². The largest absolute Gasteiger partial charge is 4.00 e. The van der Waals surface area contributed by atoms with E-state index in [0.717, 1.165) is 0 Å². The van der Waals surface area contributed by atoms with Crippen molar-refractivity contribution in [1.82, 2.24) is 0 Å². The first-order valence-corrected chi connectivity index (χ1v) is 2.00. The molecule has 0 amide bonds. The first kappa shape index (κ1) is 16.5. The second-order valence-corrected chi connectivity index (χ2v) is 1.22. The van der Waals surface area contributed by atoms with E-state index in [1.165, 1.54) is 0 Å². The molecule has 0 rings (SSSR count). The van der Waals surface area contributed by atoms with Crippen molar-refractivity contribution in [3.8, 4) is 0 Å². The van der Waals surface area contributed by atoms with Crippen LogP contribution in [0.4, 0.5) is 0 Å². The summed E-state index contributed by atoms with van der Waals surface area (Å²) in [5.41, 5.74) is 0. The average Bonchev–Trinajstić information content (AvgIpc) is 0.722. The van der Waals surface area contributed by atoms with Crippen LogP contribution in [0.25, 0.3) is 0 Å². The summed E-state index contributed by atoms with van der Waals surface area (Å²) in [6.45, 7) is 0. The maximum atomic E-state index is 8.52. The third kappa shape index (κ3) is 50.6. The van der Waals surface area contributed by atoms with E-state index in [1.54, 1.807) is 0 Å². The second-order valence-electron chi connectivity index (χ2n) is 0.408. The van der Waals surface area contributed by atoms with Crippen LogP contribution in [0.3, 0.4) is 0 Å². The van der Waals surface area contributed by atoms with Crippen molar-refractivity contribution in [2.75, 3.05) is 0 Å². The van der Waals surface area contributed by atoms with Crippen LogP contribution in [0.5, 0.6) is 0 Å². The van der Waals surface area contributed by atoms with Gasteiger partial charge in [-0.3, -0.25) is 8.42 Å². The predicted octanol–water partition coefficient (Wildman–Crippen LogP) is -4.33. The van der Waals surface area contributed by atoms with Crippen LogP contribution >= 0.6 is 0 Å². The summed E-state index contributed by atoms with van der Waals surface area (Å²) in [6.07, 6.45) is 0. The van der Waals surface area contributed by atoms with Crippen molar-refractivity contribution in [2.45, 2.75) is 0 Å². The SMILES string of the molecule is O=S(=O)([O-])[O-].[Ce+4].[K+]. The van der Waals surface area contributed by atoms with E-state index in [9.17, 15) is 0 Å². The van der Waals surface area contributed by atoms with Gasteiger partial charge in [0, 0.05) is 10.4 Å². The van der Waals surface area contributed by atoms with Crippen LogP contribution in [0, 0.1) is 41.7 Å². The molecule has 0 saturated heterocycles. The Kier molecular flexibility index (Phi) is 16.5. The van der Waals surface area contributed by atoms with Crippen molar-refractivity contribution in [2.24, 2.45) is 0 Å². The molecule has 0 N–H and O–H groups in total. The maximum Gasteiger partial charge on any atom is 4.00 e. The maximum absolute atomic E-state index is 8.52. The Morgan fingerprint density at radius 3 is 1.14 bits per heavy atom. The molecule has 0 fully saturated rings. The van der Waals surface area contributed by atoms with Gasteiger partial charge in [0.05, 0.1) is 0 Å². The molecule has 0 aliphatic carbocycles. The fourth-order valence-corrected chi connectivity index (χ4v) is 0. The monoisotopic (exact) mass is 275 g/mol. The van der Waals surface area contributed by atoms with Gasteiger partial charge in [0.1, 0.15) is 0 Å². The molecule has 0 aromatic heterocycles. The van der Waals surface area contributed by atoms with E-state index < -0.39 is 10.4 Å². The summed E-state index contributed by atoms with van der Waals surface area (Å²) in [6, 6.07) is 0. The van der Waals surface area contributed by atoms with E-state index in [0.29, 0.717) is 0 Å². The normalized spacial score (nSPS) is 8.29. The molecule has 0 aliphatic heterocycles. The van der Waals surface area contributed by atoms with Crippen LogP contribution in [0.15, 0.2) is 0 Å². The minimum absolute atomic E-state index is 0. The van der Waals surface area contributed by atoms with Gasteiger partial charge in [-0.05, 0) is 0 Å². The molecule has 7 heteroatoms. The molecule has 0 heterocycles. The molecule has 0 unspecified atom stereocenters. The van der Waals surface area contributed by atoms with Crippen LogP contribution < -0.4 is 51.4 Å². The van der Waals surface area contributed by atoms with Gasteiger partial charge in [-0.2, -0.15) is 0 Å². The molecule has 0 aromatic carbocycles. The first-order valence-electron chi connectivity index (χ1n) is 0.667. The summed E-state index contributed by atoms with van der Waals surface area (Å²) >= 11 is 0. The first-order chi connectivity index (χ1) is 2.00. The van der Waals surface area contributed by atoms with E-state index in [2.05, 4.69) is 0 Å². The Balaban J connectivity index is -0.0000000800.